The van der Waals surface area contributed by atoms with E-state index in [1.165, 1.54) is 7.05 Å². The number of quaternary nitrogens is 1. The molecule has 1 saturated heterocycles. The number of nitrogens with two attached hydrogens (primary N) is 1. The van der Waals surface area contributed by atoms with E-state index in [9.17, 15) is 4.79 Å². The number of rotatable bonds is 1. The lowest BCUT2D eigenvalue weighted by atomic mass is 10.1. The van der Waals surface area contributed by atoms with E-state index in [1.54, 1.807) is 4.90 Å². The van der Waals surface area contributed by atoms with Crippen molar-refractivity contribution in [3.05, 3.63) is 0 Å². The molecule has 0 spiro atoms. The number of carbonyl (C=O) groups excluding carboxylic acids is 1. The Morgan fingerprint density at radius 2 is 1.93 bits per heavy atom. The number of carbonyl (C=O) groups is 1. The predicted octanol–water partition coefficient (Wildman–Crippen LogP) is -1.07. The van der Waals surface area contributed by atoms with Gasteiger partial charge in [0, 0.05) is 13.1 Å². The summed E-state index contributed by atoms with van der Waals surface area (Å²) in [4.78, 5) is 13.0. The Hall–Kier alpha value is -0.850. The first-order chi connectivity index (χ1) is 6.92. The number of hydrogen-bond donors (Lipinski definition) is 3. The number of ether oxygens (including phenoxy) is 1. The Bertz CT molecular complexity index is 197. The van der Waals surface area contributed by atoms with Gasteiger partial charge in [-0.3, -0.25) is 5.84 Å². The number of nitrogens with zero attached hydrogens (tertiary/aromatic N) is 1. The van der Waals surface area contributed by atoms with Gasteiger partial charge in [-0.15, -0.1) is 0 Å². The zero-order chi connectivity index (χ0) is 12.1. The van der Waals surface area contributed by atoms with Crippen molar-refractivity contribution >= 4 is 6.09 Å². The van der Waals surface area contributed by atoms with Crippen molar-refractivity contribution in [2.75, 3.05) is 20.1 Å². The van der Waals surface area contributed by atoms with Crippen molar-refractivity contribution in [2.45, 2.75) is 32.4 Å². The SMILES string of the molecule is CC(C)(C)OC(=O)N1CC(N[NH3+])C1.CN. The molecular formula is C9H23N4O2+. The lowest BCUT2D eigenvalue weighted by Crippen LogP contribution is -2.76. The van der Waals surface area contributed by atoms with Crippen LogP contribution < -0.4 is 17.0 Å². The molecule has 1 aliphatic rings. The van der Waals surface area contributed by atoms with Gasteiger partial charge in [0.15, 0.2) is 0 Å². The number of amides is 1. The van der Waals surface area contributed by atoms with Crippen molar-refractivity contribution in [1.29, 1.82) is 0 Å². The highest BCUT2D eigenvalue weighted by Crippen LogP contribution is 2.14. The maximum atomic E-state index is 11.4. The quantitative estimate of drug-likeness (QED) is 0.489. The summed E-state index contributed by atoms with van der Waals surface area (Å²) in [6.45, 7) is 6.97. The molecule has 6 nitrogen and oxygen atoms in total. The van der Waals surface area contributed by atoms with Crippen LogP contribution in [0.15, 0.2) is 0 Å². The molecule has 0 saturated carbocycles. The van der Waals surface area contributed by atoms with Gasteiger partial charge < -0.3 is 15.4 Å². The van der Waals surface area contributed by atoms with Gasteiger partial charge in [-0.1, -0.05) is 0 Å². The van der Waals surface area contributed by atoms with E-state index in [-0.39, 0.29) is 6.09 Å². The average Bonchev–Trinajstić information content (AvgIpc) is 2.02. The number of nitrogens with one attached hydrogen (secondary N) is 1. The second-order valence-corrected chi connectivity index (χ2v) is 4.29. The van der Waals surface area contributed by atoms with Crippen LogP contribution >= 0.6 is 0 Å². The minimum absolute atomic E-state index is 0.237. The fourth-order valence-corrected chi connectivity index (χ4v) is 1.08. The fourth-order valence-electron chi connectivity index (χ4n) is 1.08. The molecule has 0 aromatic carbocycles. The monoisotopic (exact) mass is 219 g/mol. The molecule has 1 rings (SSSR count). The summed E-state index contributed by atoms with van der Waals surface area (Å²) in [6.07, 6.45) is -0.237. The maximum Gasteiger partial charge on any atom is 0.410 e. The van der Waals surface area contributed by atoms with Crippen LogP contribution in [0, 0.1) is 0 Å². The molecule has 1 heterocycles. The standard InChI is InChI=1S/C8H17N3O2.CH5N/c1-8(2,3)13-7(12)11-4-6(5-11)10-9;1-2/h6,10H,4-5,9H2,1-3H3;2H2,1H3/p+1. The topological polar surface area (TPSA) is 95.2 Å². The molecule has 1 amide bonds. The molecule has 0 aliphatic carbocycles. The lowest BCUT2D eigenvalue weighted by molar-refractivity contribution is -0.456. The third-order valence-corrected chi connectivity index (χ3v) is 1.82. The first kappa shape index (κ1) is 14.2. The van der Waals surface area contributed by atoms with E-state index in [0.717, 1.165) is 0 Å². The van der Waals surface area contributed by atoms with Crippen LogP contribution in [0.25, 0.3) is 0 Å². The van der Waals surface area contributed by atoms with Gasteiger partial charge in [0.25, 0.3) is 0 Å². The Morgan fingerprint density at radius 3 is 2.27 bits per heavy atom. The Labute approximate surface area is 90.9 Å². The molecule has 15 heavy (non-hydrogen) atoms. The first-order valence-corrected chi connectivity index (χ1v) is 5.00. The highest BCUT2D eigenvalue weighted by molar-refractivity contribution is 5.69. The zero-order valence-corrected chi connectivity index (χ0v) is 10.0. The molecule has 1 aliphatic heterocycles. The highest BCUT2D eigenvalue weighted by Gasteiger charge is 2.33. The van der Waals surface area contributed by atoms with Gasteiger partial charge in [0.05, 0.1) is 6.04 Å². The molecule has 6 heteroatoms. The Balaban J connectivity index is 0.000000921. The molecular weight excluding hydrogens is 196 g/mol. The highest BCUT2D eigenvalue weighted by atomic mass is 16.6. The molecule has 90 valence electrons. The summed E-state index contributed by atoms with van der Waals surface area (Å²) in [5, 5.41) is 0. The number of hydrogen-bond acceptors (Lipinski definition) is 4. The maximum absolute atomic E-state index is 11.4. The largest absolute Gasteiger partial charge is 0.444 e. The zero-order valence-electron chi connectivity index (χ0n) is 10.0. The summed E-state index contributed by atoms with van der Waals surface area (Å²) in [5.41, 5.74) is 6.95. The van der Waals surface area contributed by atoms with Crippen molar-refractivity contribution in [3.8, 4) is 0 Å². The molecule has 0 atom stereocenters. The minimum atomic E-state index is -0.403. The van der Waals surface area contributed by atoms with Crippen LogP contribution in [0.1, 0.15) is 20.8 Å². The molecule has 6 N–H and O–H groups in total. The van der Waals surface area contributed by atoms with E-state index in [0.29, 0.717) is 19.1 Å². The van der Waals surface area contributed by atoms with Crippen LogP contribution in [-0.4, -0.2) is 42.8 Å². The fraction of sp³-hybridized carbons (Fsp3) is 0.889. The molecule has 0 aromatic rings. The van der Waals surface area contributed by atoms with Crippen LogP contribution in [0.5, 0.6) is 0 Å². The molecule has 0 unspecified atom stereocenters. The van der Waals surface area contributed by atoms with Gasteiger partial charge in [-0.2, -0.15) is 5.43 Å². The molecule has 0 aromatic heterocycles. The van der Waals surface area contributed by atoms with Crippen molar-refractivity contribution in [2.24, 2.45) is 5.73 Å². The van der Waals surface area contributed by atoms with Crippen LogP contribution in [0.4, 0.5) is 4.79 Å². The van der Waals surface area contributed by atoms with Gasteiger partial charge in [0.2, 0.25) is 0 Å². The van der Waals surface area contributed by atoms with Gasteiger partial charge >= 0.3 is 6.09 Å². The van der Waals surface area contributed by atoms with Gasteiger partial charge in [-0.05, 0) is 27.8 Å². The van der Waals surface area contributed by atoms with Crippen LogP contribution in [-0.2, 0) is 4.74 Å². The predicted molar refractivity (Wildman–Crippen MR) is 57.7 cm³/mol. The summed E-state index contributed by atoms with van der Waals surface area (Å²) >= 11 is 0. The molecule has 0 bridgehead atoms. The van der Waals surface area contributed by atoms with Crippen molar-refractivity contribution in [3.63, 3.8) is 0 Å². The summed E-state index contributed by atoms with van der Waals surface area (Å²) < 4.78 is 5.17. The minimum Gasteiger partial charge on any atom is -0.444 e. The summed E-state index contributed by atoms with van der Waals surface area (Å²) in [7, 11) is 1.50. The third-order valence-electron chi connectivity index (χ3n) is 1.82. The average molecular weight is 219 g/mol. The van der Waals surface area contributed by atoms with E-state index in [1.807, 2.05) is 20.8 Å². The molecule has 1 fully saturated rings. The summed E-state index contributed by atoms with van der Waals surface area (Å²) in [6, 6.07) is 0.326. The van der Waals surface area contributed by atoms with Crippen LogP contribution in [0.3, 0.4) is 0 Å². The number of likely N-dealkylation sites (tertiary alicyclic amines) is 1. The first-order valence-electron chi connectivity index (χ1n) is 5.00. The van der Waals surface area contributed by atoms with Crippen LogP contribution in [0.2, 0.25) is 0 Å². The van der Waals surface area contributed by atoms with Gasteiger partial charge in [-0.25, -0.2) is 4.79 Å². The normalized spacial score (nSPS) is 16.3. The Morgan fingerprint density at radius 1 is 1.47 bits per heavy atom. The van der Waals surface area contributed by atoms with E-state index in [2.05, 4.69) is 17.0 Å². The van der Waals surface area contributed by atoms with Gasteiger partial charge in [0.1, 0.15) is 5.60 Å². The smallest absolute Gasteiger partial charge is 0.410 e. The van der Waals surface area contributed by atoms with E-state index >= 15 is 0 Å². The lowest BCUT2D eigenvalue weighted by Gasteiger charge is -2.38. The Kier molecular flexibility index (Phi) is 5.56. The van der Waals surface area contributed by atoms with E-state index in [4.69, 9.17) is 4.74 Å². The van der Waals surface area contributed by atoms with E-state index < -0.39 is 5.60 Å². The van der Waals surface area contributed by atoms with Crippen molar-refractivity contribution < 1.29 is 15.4 Å². The second-order valence-electron chi connectivity index (χ2n) is 4.29. The van der Waals surface area contributed by atoms with Crippen molar-refractivity contribution in [1.82, 2.24) is 10.3 Å². The third kappa shape index (κ3) is 4.96. The molecule has 0 radical (unpaired) electrons. The summed E-state index contributed by atoms with van der Waals surface area (Å²) in [5.74, 6) is 3.55. The second kappa shape index (κ2) is 5.89.